The van der Waals surface area contributed by atoms with Gasteiger partial charge in [-0.2, -0.15) is 0 Å². The fraction of sp³-hybridized carbons (Fsp3) is 0.353. The zero-order valence-electron chi connectivity index (χ0n) is 11.3. The molecule has 0 bridgehead atoms. The normalized spacial score (nSPS) is 13.2. The molecule has 0 amide bonds. The molecule has 1 heterocycles. The summed E-state index contributed by atoms with van der Waals surface area (Å²) < 4.78 is 0. The van der Waals surface area contributed by atoms with Gasteiger partial charge in [0.1, 0.15) is 0 Å². The van der Waals surface area contributed by atoms with Gasteiger partial charge in [0, 0.05) is 22.8 Å². The Balaban J connectivity index is 2.23. The first-order valence-electron chi connectivity index (χ1n) is 6.94. The molecule has 2 heteroatoms. The van der Waals surface area contributed by atoms with Gasteiger partial charge in [-0.05, 0) is 30.2 Å². The first kappa shape index (κ1) is 14.1. The monoisotopic (exact) mass is 273 g/mol. The molecule has 1 aromatic heterocycles. The van der Waals surface area contributed by atoms with Crippen molar-refractivity contribution in [1.82, 2.24) is 4.98 Å². The number of allylic oxidation sites excluding steroid dienone is 1. The quantitative estimate of drug-likeness (QED) is 0.693. The molecular weight excluding hydrogens is 254 g/mol. The number of fused-ring (bicyclic) bond motifs is 1. The molecule has 0 saturated heterocycles. The summed E-state index contributed by atoms with van der Waals surface area (Å²) in [6, 6.07) is 10.5. The van der Waals surface area contributed by atoms with Gasteiger partial charge < -0.3 is 0 Å². The molecule has 2 aromatic rings. The van der Waals surface area contributed by atoms with Crippen LogP contribution in [0.25, 0.3) is 10.8 Å². The molecule has 0 aliphatic rings. The van der Waals surface area contributed by atoms with Crippen LogP contribution in [0.2, 0.25) is 0 Å². The Labute approximate surface area is 120 Å². The molecule has 1 unspecified atom stereocenters. The maximum Gasteiger partial charge on any atom is 0.0487 e. The van der Waals surface area contributed by atoms with Gasteiger partial charge in [-0.15, -0.1) is 0 Å². The Bertz CT molecular complexity index is 542. The molecule has 0 spiro atoms. The van der Waals surface area contributed by atoms with Crippen molar-refractivity contribution in [1.29, 1.82) is 0 Å². The lowest BCUT2D eigenvalue weighted by Gasteiger charge is -2.13. The van der Waals surface area contributed by atoms with Crippen molar-refractivity contribution >= 4 is 22.4 Å². The molecule has 19 heavy (non-hydrogen) atoms. The van der Waals surface area contributed by atoms with Crippen LogP contribution in [0.5, 0.6) is 0 Å². The summed E-state index contributed by atoms with van der Waals surface area (Å²) >= 11 is 5.76. The molecule has 0 fully saturated rings. The van der Waals surface area contributed by atoms with Crippen molar-refractivity contribution in [3.63, 3.8) is 0 Å². The second-order valence-electron chi connectivity index (χ2n) is 4.90. The first-order chi connectivity index (χ1) is 9.35. The molecule has 0 radical (unpaired) electrons. The molecule has 0 aliphatic heterocycles. The Hall–Kier alpha value is -1.34. The summed E-state index contributed by atoms with van der Waals surface area (Å²) in [5.41, 5.74) is 2.82. The van der Waals surface area contributed by atoms with Crippen LogP contribution in [0.4, 0.5) is 0 Å². The molecule has 1 atom stereocenters. The summed E-state index contributed by atoms with van der Waals surface area (Å²) in [6.45, 7) is 2.22. The third-order valence-electron chi connectivity index (χ3n) is 3.49. The molecule has 2 rings (SSSR count). The summed E-state index contributed by atoms with van der Waals surface area (Å²) in [5, 5.41) is 2.52. The molecule has 1 nitrogen and oxygen atoms in total. The van der Waals surface area contributed by atoms with Crippen molar-refractivity contribution in [2.75, 3.05) is 0 Å². The van der Waals surface area contributed by atoms with Gasteiger partial charge in [-0.25, -0.2) is 0 Å². The van der Waals surface area contributed by atoms with E-state index in [1.165, 1.54) is 35.7 Å². The largest absolute Gasteiger partial charge is 0.261 e. The number of pyridine rings is 1. The van der Waals surface area contributed by atoms with E-state index < -0.39 is 0 Å². The van der Waals surface area contributed by atoms with Gasteiger partial charge in [0.25, 0.3) is 0 Å². The zero-order valence-corrected chi connectivity index (χ0v) is 12.1. The van der Waals surface area contributed by atoms with Crippen LogP contribution in [-0.4, -0.2) is 4.98 Å². The van der Waals surface area contributed by atoms with E-state index in [4.69, 9.17) is 11.6 Å². The number of benzene rings is 1. The average molecular weight is 274 g/mol. The Kier molecular flexibility index (Phi) is 5.41. The number of hydrogen-bond acceptors (Lipinski definition) is 1. The van der Waals surface area contributed by atoms with Crippen molar-refractivity contribution in [2.24, 2.45) is 5.92 Å². The van der Waals surface area contributed by atoms with E-state index in [0.717, 1.165) is 6.42 Å². The fourth-order valence-corrected chi connectivity index (χ4v) is 2.63. The lowest BCUT2D eigenvalue weighted by Crippen LogP contribution is -2.03. The van der Waals surface area contributed by atoms with Gasteiger partial charge in [0.2, 0.25) is 0 Å². The van der Waals surface area contributed by atoms with E-state index in [0.29, 0.717) is 5.92 Å². The number of hydrogen-bond donors (Lipinski definition) is 0. The fourth-order valence-electron chi connectivity index (χ4n) is 2.43. The number of halogens is 1. The van der Waals surface area contributed by atoms with Crippen LogP contribution in [0.1, 0.15) is 31.9 Å². The topological polar surface area (TPSA) is 12.9 Å². The molecule has 1 aromatic carbocycles. The predicted molar refractivity (Wildman–Crippen MR) is 83.5 cm³/mol. The van der Waals surface area contributed by atoms with Gasteiger partial charge in [-0.3, -0.25) is 4.98 Å². The van der Waals surface area contributed by atoms with Gasteiger partial charge in [0.05, 0.1) is 0 Å². The highest BCUT2D eigenvalue weighted by atomic mass is 35.5. The standard InChI is InChI=1S/C17H20ClN/c1-2-3-6-14(9-11-18)13-17-16-8-5-4-7-15(16)10-12-19-17/h4-5,7-12,14H,2-3,6,13H2,1H3. The van der Waals surface area contributed by atoms with E-state index in [9.17, 15) is 0 Å². The zero-order chi connectivity index (χ0) is 13.5. The van der Waals surface area contributed by atoms with E-state index in [1.807, 2.05) is 6.20 Å². The second-order valence-corrected chi connectivity index (χ2v) is 5.16. The van der Waals surface area contributed by atoms with Gasteiger partial charge in [0.15, 0.2) is 0 Å². The SMILES string of the molecule is CCCCC(C=CCl)Cc1nccc2ccccc12. The smallest absolute Gasteiger partial charge is 0.0487 e. The number of nitrogens with zero attached hydrogens (tertiary/aromatic N) is 1. The Morgan fingerprint density at radius 1 is 1.26 bits per heavy atom. The third-order valence-corrected chi connectivity index (χ3v) is 3.63. The molecule has 0 N–H and O–H groups in total. The van der Waals surface area contributed by atoms with E-state index >= 15 is 0 Å². The van der Waals surface area contributed by atoms with Gasteiger partial charge >= 0.3 is 0 Å². The van der Waals surface area contributed by atoms with Crippen LogP contribution in [0.3, 0.4) is 0 Å². The van der Waals surface area contributed by atoms with Crippen molar-refractivity contribution in [3.05, 3.63) is 53.8 Å². The molecular formula is C17H20ClN. The van der Waals surface area contributed by atoms with E-state index in [-0.39, 0.29) is 0 Å². The minimum absolute atomic E-state index is 0.482. The molecule has 0 aliphatic carbocycles. The Morgan fingerprint density at radius 2 is 2.11 bits per heavy atom. The maximum atomic E-state index is 5.76. The Morgan fingerprint density at radius 3 is 2.89 bits per heavy atom. The van der Waals surface area contributed by atoms with Crippen LogP contribution in [0, 0.1) is 5.92 Å². The highest BCUT2D eigenvalue weighted by Gasteiger charge is 2.09. The number of rotatable bonds is 6. The molecule has 100 valence electrons. The number of aromatic nitrogens is 1. The minimum Gasteiger partial charge on any atom is -0.261 e. The van der Waals surface area contributed by atoms with Crippen LogP contribution >= 0.6 is 11.6 Å². The highest BCUT2D eigenvalue weighted by molar-refractivity contribution is 6.25. The van der Waals surface area contributed by atoms with Crippen LogP contribution in [-0.2, 0) is 6.42 Å². The van der Waals surface area contributed by atoms with Crippen molar-refractivity contribution in [3.8, 4) is 0 Å². The summed E-state index contributed by atoms with van der Waals surface area (Å²) in [4.78, 5) is 4.56. The third kappa shape index (κ3) is 3.81. The summed E-state index contributed by atoms with van der Waals surface area (Å²) in [6.07, 6.45) is 8.58. The first-order valence-corrected chi connectivity index (χ1v) is 7.38. The van der Waals surface area contributed by atoms with E-state index in [2.05, 4.69) is 48.3 Å². The van der Waals surface area contributed by atoms with Crippen LogP contribution < -0.4 is 0 Å². The van der Waals surface area contributed by atoms with E-state index in [1.54, 1.807) is 5.54 Å². The van der Waals surface area contributed by atoms with Crippen LogP contribution in [0.15, 0.2) is 48.1 Å². The minimum atomic E-state index is 0.482. The van der Waals surface area contributed by atoms with Crippen molar-refractivity contribution < 1.29 is 0 Å². The maximum absolute atomic E-state index is 5.76. The lowest BCUT2D eigenvalue weighted by molar-refractivity contribution is 0.549. The second kappa shape index (κ2) is 7.30. The summed E-state index contributed by atoms with van der Waals surface area (Å²) in [5.74, 6) is 0.482. The highest BCUT2D eigenvalue weighted by Crippen LogP contribution is 2.22. The van der Waals surface area contributed by atoms with Crippen molar-refractivity contribution in [2.45, 2.75) is 32.6 Å². The summed E-state index contributed by atoms with van der Waals surface area (Å²) in [7, 11) is 0. The molecule has 0 saturated carbocycles. The van der Waals surface area contributed by atoms with Gasteiger partial charge in [-0.1, -0.05) is 61.7 Å². The number of unbranched alkanes of at least 4 members (excludes halogenated alkanes) is 1. The predicted octanol–water partition coefficient (Wildman–Crippen LogP) is 5.34. The lowest BCUT2D eigenvalue weighted by atomic mass is 9.94. The average Bonchev–Trinajstić information content (AvgIpc) is 2.45.